The molecule has 0 spiro atoms. The van der Waals surface area contributed by atoms with Crippen LogP contribution in [0.3, 0.4) is 0 Å². The normalized spacial score (nSPS) is 10.4. The minimum atomic E-state index is -0.693. The molecule has 5 nitrogen and oxygen atoms in total. The number of carbonyl (C=O) groups is 2. The first-order valence-corrected chi connectivity index (χ1v) is 9.17. The number of hydrogen-bond donors (Lipinski definition) is 1. The van der Waals surface area contributed by atoms with Gasteiger partial charge in [0.05, 0.1) is 0 Å². The molecule has 1 aromatic heterocycles. The summed E-state index contributed by atoms with van der Waals surface area (Å²) in [5.74, 6) is -1.46. The zero-order valence-electron chi connectivity index (χ0n) is 13.9. The number of aromatic nitrogens is 1. The maximum absolute atomic E-state index is 13.0. The Balaban J connectivity index is 1.49. The number of halogens is 2. The summed E-state index contributed by atoms with van der Waals surface area (Å²) in [6.07, 6.45) is 0. The van der Waals surface area contributed by atoms with Gasteiger partial charge in [-0.3, -0.25) is 4.79 Å². The molecule has 0 aliphatic carbocycles. The number of ether oxygens (including phenoxy) is 1. The molecule has 0 radical (unpaired) electrons. The van der Waals surface area contributed by atoms with Gasteiger partial charge >= 0.3 is 5.97 Å². The first-order valence-electron chi connectivity index (χ1n) is 7.91. The molecule has 3 aromatic rings. The van der Waals surface area contributed by atoms with Gasteiger partial charge in [-0.1, -0.05) is 23.7 Å². The molecule has 0 saturated carbocycles. The van der Waals surface area contributed by atoms with Crippen molar-refractivity contribution in [3.8, 4) is 10.6 Å². The third kappa shape index (κ3) is 5.35. The van der Waals surface area contributed by atoms with Crippen LogP contribution in [0, 0.1) is 5.82 Å². The lowest BCUT2D eigenvalue weighted by Crippen LogP contribution is -2.28. The molecule has 0 atom stereocenters. The Kier molecular flexibility index (Phi) is 6.16. The van der Waals surface area contributed by atoms with E-state index in [9.17, 15) is 14.0 Å². The fourth-order valence-electron chi connectivity index (χ4n) is 2.15. The zero-order valence-corrected chi connectivity index (χ0v) is 15.5. The third-order valence-corrected chi connectivity index (χ3v) is 4.69. The molecular weight excluding hydrogens is 391 g/mol. The number of rotatable bonds is 6. The van der Waals surface area contributed by atoms with Crippen LogP contribution in [0.15, 0.2) is 53.9 Å². The second-order valence-corrected chi connectivity index (χ2v) is 6.82. The molecule has 138 valence electrons. The van der Waals surface area contributed by atoms with Gasteiger partial charge in [-0.2, -0.15) is 0 Å². The van der Waals surface area contributed by atoms with E-state index in [0.717, 1.165) is 5.56 Å². The smallest absolute Gasteiger partial charge is 0.358 e. The molecule has 8 heteroatoms. The number of hydrogen-bond acceptors (Lipinski definition) is 5. The van der Waals surface area contributed by atoms with Crippen LogP contribution in [0.5, 0.6) is 0 Å². The summed E-state index contributed by atoms with van der Waals surface area (Å²) in [5.41, 5.74) is 1.67. The zero-order chi connectivity index (χ0) is 19.2. The van der Waals surface area contributed by atoms with E-state index in [4.69, 9.17) is 16.3 Å². The maximum atomic E-state index is 13.0. The summed E-state index contributed by atoms with van der Waals surface area (Å²) in [4.78, 5) is 28.0. The number of amides is 1. The highest BCUT2D eigenvalue weighted by atomic mass is 35.5. The predicted molar refractivity (Wildman–Crippen MR) is 101 cm³/mol. The van der Waals surface area contributed by atoms with Crippen molar-refractivity contribution in [3.05, 3.63) is 76.0 Å². The lowest BCUT2D eigenvalue weighted by Gasteiger charge is -2.06. The molecule has 3 rings (SSSR count). The monoisotopic (exact) mass is 404 g/mol. The van der Waals surface area contributed by atoms with Crippen LogP contribution >= 0.6 is 22.9 Å². The molecule has 1 N–H and O–H groups in total. The molecule has 0 saturated heterocycles. The van der Waals surface area contributed by atoms with Gasteiger partial charge in [0.15, 0.2) is 12.3 Å². The molecule has 0 aliphatic heterocycles. The van der Waals surface area contributed by atoms with Crippen LogP contribution in [0.2, 0.25) is 5.02 Å². The first-order chi connectivity index (χ1) is 13.0. The van der Waals surface area contributed by atoms with Crippen molar-refractivity contribution in [1.29, 1.82) is 0 Å². The highest BCUT2D eigenvalue weighted by Gasteiger charge is 2.15. The van der Waals surface area contributed by atoms with Crippen molar-refractivity contribution in [2.75, 3.05) is 6.61 Å². The van der Waals surface area contributed by atoms with Crippen molar-refractivity contribution in [3.63, 3.8) is 0 Å². The number of nitrogens with zero attached hydrogens (tertiary/aromatic N) is 1. The Bertz CT molecular complexity index is 942. The van der Waals surface area contributed by atoms with E-state index in [1.807, 2.05) is 0 Å². The maximum Gasteiger partial charge on any atom is 0.358 e. The summed E-state index contributed by atoms with van der Waals surface area (Å²) < 4.78 is 17.9. The number of nitrogens with one attached hydrogen (secondary N) is 1. The highest BCUT2D eigenvalue weighted by molar-refractivity contribution is 7.13. The number of carbonyl (C=O) groups excluding carboxylic acids is 2. The van der Waals surface area contributed by atoms with Gasteiger partial charge in [0.1, 0.15) is 10.8 Å². The van der Waals surface area contributed by atoms with Crippen LogP contribution in [-0.4, -0.2) is 23.5 Å². The van der Waals surface area contributed by atoms with Crippen LogP contribution in [0.4, 0.5) is 4.39 Å². The largest absolute Gasteiger partial charge is 0.451 e. The number of benzene rings is 2. The van der Waals surface area contributed by atoms with E-state index in [2.05, 4.69) is 10.3 Å². The van der Waals surface area contributed by atoms with Crippen LogP contribution in [0.25, 0.3) is 10.6 Å². The van der Waals surface area contributed by atoms with Crippen molar-refractivity contribution in [2.24, 2.45) is 0 Å². The first kappa shape index (κ1) is 19.0. The molecule has 0 bridgehead atoms. The van der Waals surface area contributed by atoms with Crippen LogP contribution < -0.4 is 5.32 Å². The van der Waals surface area contributed by atoms with Gasteiger partial charge in [0.2, 0.25) is 0 Å². The minimum Gasteiger partial charge on any atom is -0.451 e. The third-order valence-electron chi connectivity index (χ3n) is 3.54. The molecule has 0 unspecified atom stereocenters. The van der Waals surface area contributed by atoms with E-state index in [0.29, 0.717) is 22.1 Å². The van der Waals surface area contributed by atoms with E-state index < -0.39 is 18.5 Å². The summed E-state index contributed by atoms with van der Waals surface area (Å²) >= 11 is 7.03. The van der Waals surface area contributed by atoms with Crippen molar-refractivity contribution < 1.29 is 18.7 Å². The summed E-state index contributed by atoms with van der Waals surface area (Å²) in [6, 6.07) is 12.8. The van der Waals surface area contributed by atoms with Gasteiger partial charge in [0, 0.05) is 22.5 Å². The topological polar surface area (TPSA) is 68.3 Å². The summed E-state index contributed by atoms with van der Waals surface area (Å²) in [6.45, 7) is -0.102. The van der Waals surface area contributed by atoms with Crippen LogP contribution in [-0.2, 0) is 16.1 Å². The standard InChI is InChI=1S/C19H14ClFN2O3S/c20-14-5-1-12(2-6-14)9-22-17(24)10-26-19(25)16-11-27-18(23-16)13-3-7-15(21)8-4-13/h1-8,11H,9-10H2,(H,22,24). The molecule has 27 heavy (non-hydrogen) atoms. The van der Waals surface area contributed by atoms with E-state index in [1.165, 1.54) is 28.8 Å². The molecule has 0 aliphatic rings. The summed E-state index contributed by atoms with van der Waals surface area (Å²) in [7, 11) is 0. The fraction of sp³-hybridized carbons (Fsp3) is 0.105. The lowest BCUT2D eigenvalue weighted by atomic mass is 10.2. The molecular formula is C19H14ClFN2O3S. The highest BCUT2D eigenvalue weighted by Crippen LogP contribution is 2.24. The molecule has 0 fully saturated rings. The lowest BCUT2D eigenvalue weighted by molar-refractivity contribution is -0.124. The number of thiazole rings is 1. The molecule has 1 heterocycles. The van der Waals surface area contributed by atoms with Crippen LogP contribution in [0.1, 0.15) is 16.1 Å². The minimum absolute atomic E-state index is 0.102. The quantitative estimate of drug-likeness (QED) is 0.629. The Morgan fingerprint density at radius 2 is 1.81 bits per heavy atom. The molecule has 2 aromatic carbocycles. The van der Waals surface area contributed by atoms with Gasteiger partial charge in [-0.05, 0) is 42.0 Å². The summed E-state index contributed by atoms with van der Waals surface area (Å²) in [5, 5.41) is 5.36. The van der Waals surface area contributed by atoms with Gasteiger partial charge in [-0.15, -0.1) is 11.3 Å². The van der Waals surface area contributed by atoms with Crippen molar-refractivity contribution in [1.82, 2.24) is 10.3 Å². The Hall–Kier alpha value is -2.77. The second-order valence-electron chi connectivity index (χ2n) is 5.52. The average Bonchev–Trinajstić information content (AvgIpc) is 3.16. The van der Waals surface area contributed by atoms with E-state index in [-0.39, 0.29) is 11.5 Å². The van der Waals surface area contributed by atoms with Gasteiger partial charge in [-0.25, -0.2) is 14.2 Å². The Morgan fingerprint density at radius 3 is 2.52 bits per heavy atom. The fourth-order valence-corrected chi connectivity index (χ4v) is 3.07. The second kappa shape index (κ2) is 8.75. The Morgan fingerprint density at radius 1 is 1.11 bits per heavy atom. The van der Waals surface area contributed by atoms with E-state index in [1.54, 1.807) is 36.4 Å². The SMILES string of the molecule is O=C(COC(=O)c1csc(-c2ccc(F)cc2)n1)NCc1ccc(Cl)cc1. The average molecular weight is 405 g/mol. The van der Waals surface area contributed by atoms with Gasteiger partial charge in [0.25, 0.3) is 5.91 Å². The van der Waals surface area contributed by atoms with Crippen molar-refractivity contribution in [2.45, 2.75) is 6.54 Å². The van der Waals surface area contributed by atoms with E-state index >= 15 is 0 Å². The van der Waals surface area contributed by atoms with Crippen molar-refractivity contribution >= 4 is 34.8 Å². The Labute approximate surface area is 163 Å². The number of esters is 1. The van der Waals surface area contributed by atoms with Gasteiger partial charge < -0.3 is 10.1 Å². The predicted octanol–water partition coefficient (Wildman–Crippen LogP) is 4.08. The molecule has 1 amide bonds.